The molecule has 0 saturated heterocycles. The van der Waals surface area contributed by atoms with E-state index in [-0.39, 0.29) is 6.79 Å². The molecule has 2 rings (SSSR count). The average molecular weight is 291 g/mol. The van der Waals surface area contributed by atoms with E-state index < -0.39 is 11.8 Å². The van der Waals surface area contributed by atoms with Crippen LogP contribution in [0.1, 0.15) is 19.4 Å². The Kier molecular flexibility index (Phi) is 4.76. The lowest BCUT2D eigenvalue weighted by Crippen LogP contribution is -2.41. The number of amides is 2. The first-order valence-corrected chi connectivity index (χ1v) is 6.67. The number of likely N-dealkylation sites (N-methyl/N-ethyl adjacent to an activating group) is 1. The van der Waals surface area contributed by atoms with Crippen LogP contribution in [0.4, 0.5) is 0 Å². The van der Waals surface area contributed by atoms with E-state index in [1.165, 1.54) is 11.1 Å². The van der Waals surface area contributed by atoms with Crippen LogP contribution in [0.25, 0.3) is 0 Å². The van der Waals surface area contributed by atoms with Crippen molar-refractivity contribution in [2.24, 2.45) is 5.10 Å². The summed E-state index contributed by atoms with van der Waals surface area (Å²) >= 11 is 0. The Balaban J connectivity index is 1.93. The predicted octanol–water partition coefficient (Wildman–Crippen LogP) is 0.734. The van der Waals surface area contributed by atoms with Crippen LogP contribution in [0.5, 0.6) is 11.5 Å². The second kappa shape index (κ2) is 6.74. The molecule has 7 nitrogen and oxygen atoms in total. The molecule has 0 fully saturated rings. The third kappa shape index (κ3) is 3.50. The number of benzene rings is 1. The Morgan fingerprint density at radius 2 is 2.00 bits per heavy atom. The molecule has 0 radical (unpaired) electrons. The first kappa shape index (κ1) is 14.8. The fourth-order valence-electron chi connectivity index (χ4n) is 1.86. The van der Waals surface area contributed by atoms with E-state index >= 15 is 0 Å². The van der Waals surface area contributed by atoms with Gasteiger partial charge in [-0.05, 0) is 37.6 Å². The zero-order valence-electron chi connectivity index (χ0n) is 12.0. The minimum absolute atomic E-state index is 0.199. The highest BCUT2D eigenvalue weighted by atomic mass is 16.7. The van der Waals surface area contributed by atoms with Crippen LogP contribution in [-0.4, -0.2) is 42.8 Å². The van der Waals surface area contributed by atoms with Crippen molar-refractivity contribution >= 4 is 18.0 Å². The van der Waals surface area contributed by atoms with Gasteiger partial charge in [-0.15, -0.1) is 0 Å². The highest BCUT2D eigenvalue weighted by Crippen LogP contribution is 2.31. The van der Waals surface area contributed by atoms with Gasteiger partial charge < -0.3 is 14.4 Å². The molecule has 0 unspecified atom stereocenters. The van der Waals surface area contributed by atoms with Crippen molar-refractivity contribution in [3.8, 4) is 11.5 Å². The minimum atomic E-state index is -0.754. The molecule has 112 valence electrons. The number of hydrogen-bond donors (Lipinski definition) is 1. The lowest BCUT2D eigenvalue weighted by atomic mass is 10.2. The van der Waals surface area contributed by atoms with Gasteiger partial charge in [-0.1, -0.05) is 0 Å². The Bertz CT molecular complexity index is 567. The molecule has 1 aromatic carbocycles. The van der Waals surface area contributed by atoms with Crippen LogP contribution >= 0.6 is 0 Å². The first-order chi connectivity index (χ1) is 10.2. The second-order valence-corrected chi connectivity index (χ2v) is 4.29. The van der Waals surface area contributed by atoms with Crippen LogP contribution in [0.2, 0.25) is 0 Å². The van der Waals surface area contributed by atoms with Gasteiger partial charge in [-0.2, -0.15) is 5.10 Å². The lowest BCUT2D eigenvalue weighted by molar-refractivity contribution is -0.145. The Hall–Kier alpha value is -2.57. The summed E-state index contributed by atoms with van der Waals surface area (Å²) in [7, 11) is 0. The maximum atomic E-state index is 11.7. The average Bonchev–Trinajstić information content (AvgIpc) is 2.95. The van der Waals surface area contributed by atoms with Gasteiger partial charge in [-0.3, -0.25) is 9.59 Å². The number of ether oxygens (including phenoxy) is 2. The summed E-state index contributed by atoms with van der Waals surface area (Å²) in [5.41, 5.74) is 2.95. The molecule has 1 aliphatic rings. The lowest BCUT2D eigenvalue weighted by Gasteiger charge is -2.16. The summed E-state index contributed by atoms with van der Waals surface area (Å²) < 4.78 is 10.4. The van der Waals surface area contributed by atoms with Crippen LogP contribution in [-0.2, 0) is 9.59 Å². The third-order valence-electron chi connectivity index (χ3n) is 3.02. The summed E-state index contributed by atoms with van der Waals surface area (Å²) in [6.07, 6.45) is 1.44. The Morgan fingerprint density at radius 1 is 1.29 bits per heavy atom. The van der Waals surface area contributed by atoms with Gasteiger partial charge in [0.25, 0.3) is 0 Å². The molecule has 0 saturated carbocycles. The minimum Gasteiger partial charge on any atom is -0.454 e. The smallest absolute Gasteiger partial charge is 0.329 e. The number of rotatable bonds is 4. The van der Waals surface area contributed by atoms with E-state index in [1.54, 1.807) is 18.2 Å². The van der Waals surface area contributed by atoms with Gasteiger partial charge in [0.05, 0.1) is 6.21 Å². The molecule has 7 heteroatoms. The number of hydrogen-bond acceptors (Lipinski definition) is 5. The second-order valence-electron chi connectivity index (χ2n) is 4.29. The van der Waals surface area contributed by atoms with Crippen LogP contribution in [0.3, 0.4) is 0 Å². The molecular weight excluding hydrogens is 274 g/mol. The quantitative estimate of drug-likeness (QED) is 0.504. The predicted molar refractivity (Wildman–Crippen MR) is 76.2 cm³/mol. The van der Waals surface area contributed by atoms with Gasteiger partial charge >= 0.3 is 11.8 Å². The van der Waals surface area contributed by atoms with E-state index in [4.69, 9.17) is 9.47 Å². The van der Waals surface area contributed by atoms with Crippen molar-refractivity contribution in [3.63, 3.8) is 0 Å². The van der Waals surface area contributed by atoms with E-state index in [1.807, 2.05) is 13.8 Å². The van der Waals surface area contributed by atoms with Crippen molar-refractivity contribution in [2.75, 3.05) is 19.9 Å². The first-order valence-electron chi connectivity index (χ1n) is 6.67. The molecule has 1 aromatic rings. The molecular formula is C14H17N3O4. The highest BCUT2D eigenvalue weighted by molar-refractivity contribution is 6.34. The highest BCUT2D eigenvalue weighted by Gasteiger charge is 2.18. The summed E-state index contributed by atoms with van der Waals surface area (Å²) in [4.78, 5) is 24.7. The van der Waals surface area contributed by atoms with Crippen molar-refractivity contribution in [1.29, 1.82) is 0 Å². The maximum Gasteiger partial charge on any atom is 0.329 e. The fourth-order valence-corrected chi connectivity index (χ4v) is 1.86. The Labute approximate surface area is 122 Å². The summed E-state index contributed by atoms with van der Waals surface area (Å²) in [5, 5.41) is 3.77. The van der Waals surface area contributed by atoms with E-state index in [0.29, 0.717) is 24.6 Å². The SMILES string of the molecule is CCN(CC)C(=O)C(=O)N/N=C/c1ccc2c(c1)OCO2. The maximum absolute atomic E-state index is 11.7. The van der Waals surface area contributed by atoms with E-state index in [0.717, 1.165) is 5.56 Å². The number of hydrazone groups is 1. The number of fused-ring (bicyclic) bond motifs is 1. The third-order valence-corrected chi connectivity index (χ3v) is 3.02. The van der Waals surface area contributed by atoms with E-state index in [9.17, 15) is 9.59 Å². The van der Waals surface area contributed by atoms with Crippen molar-refractivity contribution in [1.82, 2.24) is 10.3 Å². The van der Waals surface area contributed by atoms with Gasteiger partial charge in [0.15, 0.2) is 11.5 Å². The summed E-state index contributed by atoms with van der Waals surface area (Å²) in [6.45, 7) is 4.78. The number of nitrogens with one attached hydrogen (secondary N) is 1. The van der Waals surface area contributed by atoms with Gasteiger partial charge in [0.2, 0.25) is 6.79 Å². The van der Waals surface area contributed by atoms with Crippen LogP contribution in [0, 0.1) is 0 Å². The van der Waals surface area contributed by atoms with Crippen LogP contribution < -0.4 is 14.9 Å². The van der Waals surface area contributed by atoms with E-state index in [2.05, 4.69) is 10.5 Å². The monoisotopic (exact) mass is 291 g/mol. The Morgan fingerprint density at radius 3 is 2.71 bits per heavy atom. The molecule has 0 spiro atoms. The van der Waals surface area contributed by atoms with Crippen molar-refractivity contribution < 1.29 is 19.1 Å². The molecule has 0 atom stereocenters. The molecule has 1 N–H and O–H groups in total. The topological polar surface area (TPSA) is 80.2 Å². The molecule has 1 aliphatic heterocycles. The zero-order valence-corrected chi connectivity index (χ0v) is 12.0. The number of carbonyl (C=O) groups excluding carboxylic acids is 2. The summed E-state index contributed by atoms with van der Waals surface area (Å²) in [6, 6.07) is 5.27. The summed E-state index contributed by atoms with van der Waals surface area (Å²) in [5.74, 6) is -0.0454. The van der Waals surface area contributed by atoms with Crippen LogP contribution in [0.15, 0.2) is 23.3 Å². The zero-order chi connectivity index (χ0) is 15.2. The number of carbonyl (C=O) groups is 2. The largest absolute Gasteiger partial charge is 0.454 e. The fraction of sp³-hybridized carbons (Fsp3) is 0.357. The number of nitrogens with zero attached hydrogens (tertiary/aromatic N) is 2. The van der Waals surface area contributed by atoms with Gasteiger partial charge in [-0.25, -0.2) is 5.43 Å². The molecule has 0 bridgehead atoms. The van der Waals surface area contributed by atoms with Crippen molar-refractivity contribution in [3.05, 3.63) is 23.8 Å². The van der Waals surface area contributed by atoms with Gasteiger partial charge in [0.1, 0.15) is 0 Å². The molecule has 2 amide bonds. The normalized spacial score (nSPS) is 12.5. The molecule has 0 aliphatic carbocycles. The van der Waals surface area contributed by atoms with Crippen molar-refractivity contribution in [2.45, 2.75) is 13.8 Å². The molecule has 1 heterocycles. The molecule has 0 aromatic heterocycles. The standard InChI is InChI=1S/C14H17N3O4/c1-3-17(4-2)14(19)13(18)16-15-8-10-5-6-11-12(7-10)21-9-20-11/h5-8H,3-4,9H2,1-2H3,(H,16,18)/b15-8+. The molecule has 21 heavy (non-hydrogen) atoms. The van der Waals surface area contributed by atoms with Gasteiger partial charge in [0, 0.05) is 13.1 Å².